The maximum atomic E-state index is 12.5. The summed E-state index contributed by atoms with van der Waals surface area (Å²) in [7, 11) is 2.51. The second kappa shape index (κ2) is 16.3. The summed E-state index contributed by atoms with van der Waals surface area (Å²) in [6.07, 6.45) is 4.14. The summed E-state index contributed by atoms with van der Waals surface area (Å²) < 4.78 is 9.27. The van der Waals surface area contributed by atoms with Crippen molar-refractivity contribution in [3.05, 3.63) is 88.8 Å². The van der Waals surface area contributed by atoms with E-state index in [1.54, 1.807) is 18.3 Å². The summed E-state index contributed by atoms with van der Waals surface area (Å²) in [5.41, 5.74) is 1.96. The normalized spacial score (nSPS) is 10.5. The molecule has 0 aliphatic heterocycles. The number of aromatic nitrogens is 3. The molecule has 3 rings (SSSR count). The van der Waals surface area contributed by atoms with Crippen molar-refractivity contribution in [3.63, 3.8) is 0 Å². The standard InChI is InChI=1S/C29H33N7O7/c1-19-4-7-22(33-16-19)25(37)30-10-13-36(14-11-31-26(38)23-8-5-20(17-34-23)28(40)42-2)15-12-32-27(39)24-9-6-21(18-35-24)29(41)43-3/h4-9,16-18H,10-15H2,1-3H3,(H,30,37)(H,31,38)(H,32,39). The van der Waals surface area contributed by atoms with Crippen molar-refractivity contribution in [1.29, 1.82) is 0 Å². The zero-order valence-electron chi connectivity index (χ0n) is 24.1. The molecule has 0 unspecified atom stereocenters. The van der Waals surface area contributed by atoms with E-state index in [1.165, 1.54) is 50.9 Å². The third kappa shape index (κ3) is 9.97. The first-order valence-corrected chi connectivity index (χ1v) is 13.3. The number of hydrogen-bond acceptors (Lipinski definition) is 11. The number of carbonyl (C=O) groups is 5. The van der Waals surface area contributed by atoms with Crippen molar-refractivity contribution in [3.8, 4) is 0 Å². The Kier molecular flexibility index (Phi) is 12.2. The topological polar surface area (TPSA) is 182 Å². The van der Waals surface area contributed by atoms with Crippen molar-refractivity contribution in [2.75, 3.05) is 53.5 Å². The molecule has 226 valence electrons. The van der Waals surface area contributed by atoms with Gasteiger partial charge in [0, 0.05) is 57.9 Å². The minimum atomic E-state index is -0.554. The Balaban J connectivity index is 1.53. The quantitative estimate of drug-likeness (QED) is 0.224. The molecule has 0 saturated heterocycles. The average molecular weight is 592 g/mol. The number of nitrogens with one attached hydrogen (secondary N) is 3. The van der Waals surface area contributed by atoms with Gasteiger partial charge < -0.3 is 25.4 Å². The molecule has 0 spiro atoms. The fourth-order valence-corrected chi connectivity index (χ4v) is 3.73. The second-order valence-electron chi connectivity index (χ2n) is 9.18. The molecular formula is C29H33N7O7. The molecule has 0 bridgehead atoms. The van der Waals surface area contributed by atoms with Crippen molar-refractivity contribution in [1.82, 2.24) is 35.8 Å². The molecule has 0 aliphatic rings. The molecule has 0 aliphatic carbocycles. The lowest BCUT2D eigenvalue weighted by atomic mass is 10.2. The predicted octanol–water partition coefficient (Wildman–Crippen LogP) is 0.645. The maximum Gasteiger partial charge on any atom is 0.339 e. The van der Waals surface area contributed by atoms with Crippen molar-refractivity contribution < 1.29 is 33.4 Å². The number of ether oxygens (including phenoxy) is 2. The number of pyridine rings is 3. The number of rotatable bonds is 14. The van der Waals surface area contributed by atoms with Gasteiger partial charge in [-0.25, -0.2) is 9.59 Å². The van der Waals surface area contributed by atoms with Crippen molar-refractivity contribution >= 4 is 29.7 Å². The highest BCUT2D eigenvalue weighted by Crippen LogP contribution is 2.04. The van der Waals surface area contributed by atoms with Gasteiger partial charge in [0.15, 0.2) is 0 Å². The van der Waals surface area contributed by atoms with E-state index >= 15 is 0 Å². The summed E-state index contributed by atoms with van der Waals surface area (Å²) in [4.78, 5) is 74.8. The van der Waals surface area contributed by atoms with E-state index < -0.39 is 23.8 Å². The third-order valence-corrected chi connectivity index (χ3v) is 6.12. The third-order valence-electron chi connectivity index (χ3n) is 6.12. The second-order valence-corrected chi connectivity index (χ2v) is 9.18. The predicted molar refractivity (Wildman–Crippen MR) is 154 cm³/mol. The fraction of sp³-hybridized carbons (Fsp3) is 0.310. The van der Waals surface area contributed by atoms with Crippen LogP contribution in [0, 0.1) is 6.92 Å². The summed E-state index contributed by atoms with van der Waals surface area (Å²) in [6, 6.07) is 9.20. The number of nitrogens with zero attached hydrogens (tertiary/aromatic N) is 4. The summed E-state index contributed by atoms with van der Waals surface area (Å²) in [5.74, 6) is -2.28. The van der Waals surface area contributed by atoms with Crippen LogP contribution in [0.5, 0.6) is 0 Å². The molecule has 0 fully saturated rings. The SMILES string of the molecule is COC(=O)c1ccc(C(=O)NCCN(CCNC(=O)c2ccc(C)cn2)CCNC(=O)c2ccc(C(=O)OC)cn2)nc1. The lowest BCUT2D eigenvalue weighted by Gasteiger charge is -2.23. The lowest BCUT2D eigenvalue weighted by Crippen LogP contribution is -2.43. The van der Waals surface area contributed by atoms with Crippen molar-refractivity contribution in [2.24, 2.45) is 0 Å². The largest absolute Gasteiger partial charge is 0.465 e. The molecule has 3 heterocycles. The first-order valence-electron chi connectivity index (χ1n) is 13.3. The number of esters is 2. The summed E-state index contributed by atoms with van der Waals surface area (Å²) in [6.45, 7) is 3.88. The highest BCUT2D eigenvalue weighted by molar-refractivity contribution is 5.95. The van der Waals surface area contributed by atoms with Crippen LogP contribution < -0.4 is 16.0 Å². The van der Waals surface area contributed by atoms with Crippen LogP contribution in [0.2, 0.25) is 0 Å². The molecule has 3 amide bonds. The van der Waals surface area contributed by atoms with Crippen molar-refractivity contribution in [2.45, 2.75) is 6.92 Å². The van der Waals surface area contributed by atoms with Gasteiger partial charge in [-0.2, -0.15) is 0 Å². The van der Waals surface area contributed by atoms with Gasteiger partial charge in [0.05, 0.1) is 25.3 Å². The number of carbonyl (C=O) groups excluding carboxylic acids is 5. The Bertz CT molecular complexity index is 1340. The van der Waals surface area contributed by atoms with Gasteiger partial charge in [-0.3, -0.25) is 34.2 Å². The Labute approximate surface area is 248 Å². The summed E-state index contributed by atoms with van der Waals surface area (Å²) in [5, 5.41) is 8.37. The smallest absolute Gasteiger partial charge is 0.339 e. The molecular weight excluding hydrogens is 558 g/mol. The van der Waals surface area contributed by atoms with Gasteiger partial charge in [-0.15, -0.1) is 0 Å². The average Bonchev–Trinajstić information content (AvgIpc) is 3.03. The summed E-state index contributed by atoms with van der Waals surface area (Å²) >= 11 is 0. The molecule has 14 heteroatoms. The number of hydrogen-bond donors (Lipinski definition) is 3. The van der Waals surface area contributed by atoms with E-state index in [2.05, 4.69) is 40.4 Å². The molecule has 0 saturated carbocycles. The molecule has 3 aromatic heterocycles. The number of aryl methyl sites for hydroxylation is 1. The van der Waals surface area contributed by atoms with Crippen LogP contribution >= 0.6 is 0 Å². The van der Waals surface area contributed by atoms with Crippen LogP contribution in [0.25, 0.3) is 0 Å². The Hall–Kier alpha value is -5.24. The van der Waals surface area contributed by atoms with Gasteiger partial charge in [0.2, 0.25) is 0 Å². The molecule has 0 atom stereocenters. The lowest BCUT2D eigenvalue weighted by molar-refractivity contribution is 0.0591. The molecule has 0 aromatic carbocycles. The van der Waals surface area contributed by atoms with Gasteiger partial charge >= 0.3 is 11.9 Å². The highest BCUT2D eigenvalue weighted by atomic mass is 16.5. The van der Waals surface area contributed by atoms with Crippen LogP contribution in [0.3, 0.4) is 0 Å². The van der Waals surface area contributed by atoms with E-state index in [0.29, 0.717) is 31.9 Å². The van der Waals surface area contributed by atoms with Gasteiger partial charge in [0.1, 0.15) is 17.1 Å². The van der Waals surface area contributed by atoms with Crippen LogP contribution in [-0.4, -0.2) is 103 Å². The Morgan fingerprint density at radius 3 is 1.28 bits per heavy atom. The molecule has 3 aromatic rings. The zero-order valence-corrected chi connectivity index (χ0v) is 24.1. The van der Waals surface area contributed by atoms with Crippen LogP contribution in [0.1, 0.15) is 57.7 Å². The van der Waals surface area contributed by atoms with Crippen LogP contribution in [-0.2, 0) is 9.47 Å². The monoisotopic (exact) mass is 591 g/mol. The van der Waals surface area contributed by atoms with Gasteiger partial charge in [0.25, 0.3) is 17.7 Å². The van der Waals surface area contributed by atoms with Gasteiger partial charge in [-0.05, 0) is 42.8 Å². The van der Waals surface area contributed by atoms with E-state index in [0.717, 1.165) is 5.56 Å². The Morgan fingerprint density at radius 2 is 0.977 bits per heavy atom. The minimum Gasteiger partial charge on any atom is -0.465 e. The number of methoxy groups -OCH3 is 2. The minimum absolute atomic E-state index is 0.134. The maximum absolute atomic E-state index is 12.5. The molecule has 14 nitrogen and oxygen atoms in total. The van der Waals surface area contributed by atoms with E-state index in [-0.39, 0.29) is 41.5 Å². The van der Waals surface area contributed by atoms with E-state index in [1.807, 2.05) is 11.8 Å². The first kappa shape index (κ1) is 32.3. The fourth-order valence-electron chi connectivity index (χ4n) is 3.73. The van der Waals surface area contributed by atoms with E-state index in [4.69, 9.17) is 0 Å². The molecule has 43 heavy (non-hydrogen) atoms. The van der Waals surface area contributed by atoms with Crippen LogP contribution in [0.4, 0.5) is 0 Å². The molecule has 0 radical (unpaired) electrons. The zero-order chi connectivity index (χ0) is 31.2. The van der Waals surface area contributed by atoms with Gasteiger partial charge in [-0.1, -0.05) is 6.07 Å². The molecule has 3 N–H and O–H groups in total. The Morgan fingerprint density at radius 1 is 0.605 bits per heavy atom. The number of amides is 3. The van der Waals surface area contributed by atoms with Crippen LogP contribution in [0.15, 0.2) is 55.0 Å². The highest BCUT2D eigenvalue weighted by Gasteiger charge is 2.14. The van der Waals surface area contributed by atoms with E-state index in [9.17, 15) is 24.0 Å². The first-order chi connectivity index (χ1) is 20.7.